The van der Waals surface area contributed by atoms with Gasteiger partial charge in [-0.1, -0.05) is 36.4 Å². The predicted octanol–water partition coefficient (Wildman–Crippen LogP) is 6.67. The third kappa shape index (κ3) is 7.07. The fourth-order valence-corrected chi connectivity index (χ4v) is 5.79. The van der Waals surface area contributed by atoms with Crippen molar-refractivity contribution >= 4 is 34.4 Å². The molecule has 5 aromatic rings. The first-order valence-electron chi connectivity index (χ1n) is 15.6. The Morgan fingerprint density at radius 2 is 1.62 bits per heavy atom. The van der Waals surface area contributed by atoms with Crippen LogP contribution in [0.5, 0.6) is 5.88 Å². The predicted molar refractivity (Wildman–Crippen MR) is 182 cm³/mol. The largest absolute Gasteiger partial charge is 0.494 e. The van der Waals surface area contributed by atoms with Crippen molar-refractivity contribution < 1.29 is 24.2 Å². The van der Waals surface area contributed by atoms with Crippen molar-refractivity contribution in [2.75, 3.05) is 33.3 Å². The molecule has 10 nitrogen and oxygen atoms in total. The Kier molecular flexibility index (Phi) is 8.86. The highest BCUT2D eigenvalue weighted by Crippen LogP contribution is 2.32. The molecule has 0 unspecified atom stereocenters. The number of piperazine rings is 1. The number of aromatic hydroxyl groups is 1. The minimum Gasteiger partial charge on any atom is -0.494 e. The second kappa shape index (κ2) is 13.2. The van der Waals surface area contributed by atoms with Gasteiger partial charge in [-0.2, -0.15) is 0 Å². The standard InChI is InChI=1S/C37H39N5O5/c1-37(2,3)47-36(45)41-21-19-40(20-22-41)24-29-11-8-18-42(29)28-15-13-27(14-16-28)38-33(25-9-6-5-7-10-25)32-30-17-12-26(35(44)46-4)23-31(30)39-34(32)43/h5-18,23,39,43H,19-22,24H2,1-4H3. The monoisotopic (exact) mass is 633 g/mol. The highest BCUT2D eigenvalue weighted by atomic mass is 16.6. The van der Waals surface area contributed by atoms with Crippen LogP contribution in [0.1, 0.15) is 48.0 Å². The molecule has 10 heteroatoms. The topological polar surface area (TPSA) is 112 Å². The number of H-pyrrole nitrogens is 1. The van der Waals surface area contributed by atoms with Gasteiger partial charge < -0.3 is 29.0 Å². The molecule has 242 valence electrons. The maximum absolute atomic E-state index is 12.5. The van der Waals surface area contributed by atoms with Crippen LogP contribution in [0.2, 0.25) is 0 Å². The first kappa shape index (κ1) is 31.6. The van der Waals surface area contributed by atoms with Crippen LogP contribution in [0.4, 0.5) is 10.5 Å². The maximum Gasteiger partial charge on any atom is 0.410 e. The van der Waals surface area contributed by atoms with Crippen molar-refractivity contribution in [1.82, 2.24) is 19.4 Å². The average molecular weight is 634 g/mol. The van der Waals surface area contributed by atoms with Crippen LogP contribution < -0.4 is 0 Å². The van der Waals surface area contributed by atoms with Gasteiger partial charge in [-0.05, 0) is 69.3 Å². The molecule has 0 saturated carbocycles. The molecule has 0 bridgehead atoms. The van der Waals surface area contributed by atoms with Gasteiger partial charge in [-0.15, -0.1) is 0 Å². The first-order valence-corrected chi connectivity index (χ1v) is 15.6. The number of nitrogens with zero attached hydrogens (tertiary/aromatic N) is 4. The van der Waals surface area contributed by atoms with Crippen LogP contribution >= 0.6 is 0 Å². The number of nitrogens with one attached hydrogen (secondary N) is 1. The lowest BCUT2D eigenvalue weighted by Crippen LogP contribution is -2.49. The summed E-state index contributed by atoms with van der Waals surface area (Å²) in [5.41, 5.74) is 5.33. The Morgan fingerprint density at radius 3 is 2.30 bits per heavy atom. The van der Waals surface area contributed by atoms with E-state index in [0.29, 0.717) is 35.4 Å². The van der Waals surface area contributed by atoms with E-state index >= 15 is 0 Å². The van der Waals surface area contributed by atoms with Crippen molar-refractivity contribution in [2.24, 2.45) is 4.99 Å². The van der Waals surface area contributed by atoms with Crippen LogP contribution in [0.15, 0.2) is 96.1 Å². The lowest BCUT2D eigenvalue weighted by molar-refractivity contribution is 0.0137. The zero-order valence-electron chi connectivity index (χ0n) is 27.1. The van der Waals surface area contributed by atoms with Crippen molar-refractivity contribution in [3.05, 3.63) is 114 Å². The second-order valence-corrected chi connectivity index (χ2v) is 12.6. The van der Waals surface area contributed by atoms with E-state index in [0.717, 1.165) is 47.7 Å². The van der Waals surface area contributed by atoms with Gasteiger partial charge >= 0.3 is 12.1 Å². The number of ether oxygens (including phenoxy) is 2. The Hall–Kier alpha value is -5.35. The molecule has 2 N–H and O–H groups in total. The van der Waals surface area contributed by atoms with Crippen LogP contribution in [-0.2, 0) is 16.0 Å². The van der Waals surface area contributed by atoms with Gasteiger partial charge in [0.25, 0.3) is 0 Å². The van der Waals surface area contributed by atoms with Crippen LogP contribution in [-0.4, -0.2) is 81.1 Å². The summed E-state index contributed by atoms with van der Waals surface area (Å²) in [6.07, 6.45) is 1.79. The molecule has 0 aliphatic carbocycles. The van der Waals surface area contributed by atoms with Crippen molar-refractivity contribution in [3.8, 4) is 11.6 Å². The number of esters is 1. The number of aromatic nitrogens is 2. The third-order valence-electron chi connectivity index (χ3n) is 8.10. The summed E-state index contributed by atoms with van der Waals surface area (Å²) in [4.78, 5) is 36.7. The number of hydrogen-bond donors (Lipinski definition) is 2. The van der Waals surface area contributed by atoms with Gasteiger partial charge in [0.2, 0.25) is 0 Å². The fraction of sp³-hybridized carbons (Fsp3) is 0.270. The lowest BCUT2D eigenvalue weighted by atomic mass is 10.00. The molecule has 1 fully saturated rings. The summed E-state index contributed by atoms with van der Waals surface area (Å²) in [5, 5.41) is 11.8. The molecule has 2 aromatic heterocycles. The van der Waals surface area contributed by atoms with E-state index in [1.54, 1.807) is 23.1 Å². The molecular formula is C37H39N5O5. The van der Waals surface area contributed by atoms with Crippen LogP contribution in [0, 0.1) is 0 Å². The summed E-state index contributed by atoms with van der Waals surface area (Å²) in [6.45, 7) is 9.20. The molecule has 0 atom stereocenters. The van der Waals surface area contributed by atoms with Crippen LogP contribution in [0.25, 0.3) is 16.6 Å². The summed E-state index contributed by atoms with van der Waals surface area (Å²) in [7, 11) is 1.34. The van der Waals surface area contributed by atoms with Crippen molar-refractivity contribution in [3.63, 3.8) is 0 Å². The maximum atomic E-state index is 12.5. The lowest BCUT2D eigenvalue weighted by Gasteiger charge is -2.35. The molecule has 1 saturated heterocycles. The van der Waals surface area contributed by atoms with E-state index in [4.69, 9.17) is 14.5 Å². The summed E-state index contributed by atoms with van der Waals surface area (Å²) >= 11 is 0. The summed E-state index contributed by atoms with van der Waals surface area (Å²) < 4.78 is 12.6. The molecular weight excluding hydrogens is 594 g/mol. The van der Waals surface area contributed by atoms with Gasteiger partial charge in [0.05, 0.1) is 29.6 Å². The normalized spacial score (nSPS) is 14.4. The average Bonchev–Trinajstić information content (AvgIpc) is 3.66. The van der Waals surface area contributed by atoms with E-state index in [1.165, 1.54) is 7.11 Å². The number of carbonyl (C=O) groups excluding carboxylic acids is 2. The number of methoxy groups -OCH3 is 1. The number of aromatic amines is 1. The van der Waals surface area contributed by atoms with E-state index < -0.39 is 11.6 Å². The summed E-state index contributed by atoms with van der Waals surface area (Å²) in [5.74, 6) is -0.489. The van der Waals surface area contributed by atoms with Gasteiger partial charge in [0.1, 0.15) is 5.60 Å². The number of carbonyl (C=O) groups is 2. The molecule has 0 spiro atoms. The minimum absolute atomic E-state index is 0.0369. The number of fused-ring (bicyclic) bond motifs is 1. The fourth-order valence-electron chi connectivity index (χ4n) is 5.79. The highest BCUT2D eigenvalue weighted by molar-refractivity contribution is 6.22. The Morgan fingerprint density at radius 1 is 0.894 bits per heavy atom. The molecule has 0 radical (unpaired) electrons. The summed E-state index contributed by atoms with van der Waals surface area (Å²) in [6, 6.07) is 27.0. The van der Waals surface area contributed by atoms with Gasteiger partial charge in [0, 0.05) is 66.8 Å². The van der Waals surface area contributed by atoms with Gasteiger partial charge in [0.15, 0.2) is 5.88 Å². The minimum atomic E-state index is -0.505. The van der Waals surface area contributed by atoms with Gasteiger partial charge in [-0.25, -0.2) is 14.6 Å². The van der Waals surface area contributed by atoms with E-state index in [9.17, 15) is 14.7 Å². The number of aliphatic imine (C=N–C) groups is 1. The van der Waals surface area contributed by atoms with Crippen molar-refractivity contribution in [1.29, 1.82) is 0 Å². The third-order valence-corrected chi connectivity index (χ3v) is 8.10. The quantitative estimate of drug-likeness (QED) is 0.153. The van der Waals surface area contributed by atoms with Crippen molar-refractivity contribution in [2.45, 2.75) is 32.9 Å². The van der Waals surface area contributed by atoms with E-state index in [-0.39, 0.29) is 12.0 Å². The first-order chi connectivity index (χ1) is 22.6. The molecule has 1 aliphatic heterocycles. The molecule has 3 aromatic carbocycles. The Labute approximate surface area is 273 Å². The Bertz CT molecular complexity index is 1910. The van der Waals surface area contributed by atoms with Crippen LogP contribution in [0.3, 0.4) is 0 Å². The SMILES string of the molecule is COC(=O)c1ccc2c(C(=Nc3ccc(-n4cccc4CN4CCN(C(=O)OC(C)(C)C)CC4)cc3)c3ccccc3)c(O)[nH]c2c1. The van der Waals surface area contributed by atoms with Gasteiger partial charge in [-0.3, -0.25) is 4.90 Å². The van der Waals surface area contributed by atoms with E-state index in [2.05, 4.69) is 20.5 Å². The number of hydrogen-bond acceptors (Lipinski definition) is 7. The molecule has 1 amide bonds. The molecule has 1 aliphatic rings. The number of benzene rings is 3. The number of amides is 1. The zero-order chi connectivity index (χ0) is 33.1. The van der Waals surface area contributed by atoms with E-state index in [1.807, 2.05) is 87.6 Å². The molecule has 6 rings (SSSR count). The number of rotatable bonds is 7. The Balaban J connectivity index is 1.23. The zero-order valence-corrected chi connectivity index (χ0v) is 27.1. The molecule has 47 heavy (non-hydrogen) atoms. The highest BCUT2D eigenvalue weighted by Gasteiger charge is 2.26. The second-order valence-electron chi connectivity index (χ2n) is 12.6. The smallest absolute Gasteiger partial charge is 0.410 e. The molecule has 3 heterocycles.